The van der Waals surface area contributed by atoms with Gasteiger partial charge in [0.1, 0.15) is 17.9 Å². The summed E-state index contributed by atoms with van der Waals surface area (Å²) in [6.45, 7) is 8.94. The number of hydrogen-bond donors (Lipinski definition) is 6. The molecular weight excluding hydrogens is 378 g/mol. The summed E-state index contributed by atoms with van der Waals surface area (Å²) < 4.78 is 0. The molecular formula is C20H31N3O6. The van der Waals surface area contributed by atoms with Crippen LogP contribution in [0.4, 0.5) is 5.69 Å². The van der Waals surface area contributed by atoms with Gasteiger partial charge in [0, 0.05) is 5.69 Å². The topological polar surface area (TPSA) is 148 Å². The van der Waals surface area contributed by atoms with Gasteiger partial charge >= 0.3 is 0 Å². The van der Waals surface area contributed by atoms with Crippen LogP contribution >= 0.6 is 0 Å². The van der Waals surface area contributed by atoms with E-state index in [4.69, 9.17) is 5.21 Å². The van der Waals surface area contributed by atoms with Gasteiger partial charge in [-0.05, 0) is 42.0 Å². The van der Waals surface area contributed by atoms with Crippen molar-refractivity contribution in [2.24, 2.45) is 17.3 Å². The zero-order valence-electron chi connectivity index (χ0n) is 17.4. The Bertz CT molecular complexity index is 712. The molecule has 0 aromatic heterocycles. The minimum atomic E-state index is -1.76. The third-order valence-corrected chi connectivity index (χ3v) is 4.37. The summed E-state index contributed by atoms with van der Waals surface area (Å²) in [5.41, 5.74) is 1.11. The lowest BCUT2D eigenvalue weighted by Gasteiger charge is -2.32. The van der Waals surface area contributed by atoms with Crippen LogP contribution in [0.25, 0.3) is 0 Å². The Morgan fingerprint density at radius 2 is 1.55 bits per heavy atom. The molecule has 1 aromatic rings. The molecule has 0 unspecified atom stereocenters. The number of hydrogen-bond acceptors (Lipinski definition) is 6. The average Bonchev–Trinajstić information content (AvgIpc) is 2.63. The Labute approximate surface area is 170 Å². The lowest BCUT2D eigenvalue weighted by atomic mass is 9.84. The van der Waals surface area contributed by atoms with E-state index in [0.29, 0.717) is 5.69 Å². The van der Waals surface area contributed by atoms with Gasteiger partial charge in [-0.15, -0.1) is 0 Å². The number of amides is 3. The molecule has 0 saturated carbocycles. The van der Waals surface area contributed by atoms with E-state index in [2.05, 4.69) is 10.6 Å². The summed E-state index contributed by atoms with van der Waals surface area (Å²) >= 11 is 0. The van der Waals surface area contributed by atoms with Crippen molar-refractivity contribution in [3.63, 3.8) is 0 Å². The number of aliphatic hydroxyl groups is 1. The Kier molecular flexibility index (Phi) is 8.59. The third kappa shape index (κ3) is 7.35. The molecule has 1 aromatic carbocycles. The van der Waals surface area contributed by atoms with Crippen molar-refractivity contribution in [2.45, 2.75) is 53.2 Å². The van der Waals surface area contributed by atoms with E-state index >= 15 is 0 Å². The first-order valence-electron chi connectivity index (χ1n) is 9.39. The molecule has 0 aliphatic heterocycles. The van der Waals surface area contributed by atoms with Gasteiger partial charge in [0.25, 0.3) is 5.91 Å². The fourth-order valence-corrected chi connectivity index (χ4v) is 2.82. The van der Waals surface area contributed by atoms with Gasteiger partial charge < -0.3 is 20.8 Å². The average molecular weight is 409 g/mol. The van der Waals surface area contributed by atoms with E-state index in [0.717, 1.165) is 0 Å². The molecule has 29 heavy (non-hydrogen) atoms. The molecule has 0 fully saturated rings. The van der Waals surface area contributed by atoms with Gasteiger partial charge in [-0.25, -0.2) is 5.48 Å². The van der Waals surface area contributed by atoms with Crippen LogP contribution in [0, 0.1) is 17.3 Å². The van der Waals surface area contributed by atoms with E-state index in [1.165, 1.54) is 29.7 Å². The molecule has 0 spiro atoms. The van der Waals surface area contributed by atoms with Crippen molar-refractivity contribution >= 4 is 23.4 Å². The maximum Gasteiger partial charge on any atom is 0.272 e. The molecule has 0 heterocycles. The normalized spacial score (nSPS) is 14.6. The fourth-order valence-electron chi connectivity index (χ4n) is 2.82. The quantitative estimate of drug-likeness (QED) is 0.217. The number of aliphatic hydroxyl groups excluding tert-OH is 1. The van der Waals surface area contributed by atoms with Crippen molar-refractivity contribution in [3.8, 4) is 5.75 Å². The van der Waals surface area contributed by atoms with Crippen LogP contribution in [0.5, 0.6) is 5.75 Å². The van der Waals surface area contributed by atoms with Crippen molar-refractivity contribution in [1.82, 2.24) is 10.8 Å². The smallest absolute Gasteiger partial charge is 0.272 e. The van der Waals surface area contributed by atoms with E-state index in [9.17, 15) is 24.6 Å². The van der Waals surface area contributed by atoms with E-state index in [-0.39, 0.29) is 18.1 Å². The molecule has 0 aliphatic rings. The Morgan fingerprint density at radius 1 is 1.00 bits per heavy atom. The maximum absolute atomic E-state index is 12.9. The summed E-state index contributed by atoms with van der Waals surface area (Å²) in [6, 6.07) is 4.91. The van der Waals surface area contributed by atoms with Crippen LogP contribution < -0.4 is 16.1 Å². The number of anilines is 1. The number of phenolic OH excluding ortho intramolecular Hbond substituents is 1. The molecule has 0 radical (unpaired) electrons. The van der Waals surface area contributed by atoms with Gasteiger partial charge in [0.05, 0.1) is 5.92 Å². The van der Waals surface area contributed by atoms with Gasteiger partial charge in [-0.3, -0.25) is 19.6 Å². The number of rotatable bonds is 8. The third-order valence-electron chi connectivity index (χ3n) is 4.37. The summed E-state index contributed by atoms with van der Waals surface area (Å²) in [7, 11) is 0. The van der Waals surface area contributed by atoms with Gasteiger partial charge in [0.2, 0.25) is 11.8 Å². The first kappa shape index (κ1) is 24.4. The highest BCUT2D eigenvalue weighted by Crippen LogP contribution is 2.24. The molecule has 0 saturated heterocycles. The van der Waals surface area contributed by atoms with Crippen LogP contribution in [0.3, 0.4) is 0 Å². The lowest BCUT2D eigenvalue weighted by Crippen LogP contribution is -2.55. The highest BCUT2D eigenvalue weighted by atomic mass is 16.5. The first-order valence-corrected chi connectivity index (χ1v) is 9.39. The molecule has 6 N–H and O–H groups in total. The predicted molar refractivity (Wildman–Crippen MR) is 107 cm³/mol. The molecule has 9 heteroatoms. The number of hydroxylamine groups is 1. The van der Waals surface area contributed by atoms with Crippen LogP contribution in [-0.2, 0) is 14.4 Å². The highest BCUT2D eigenvalue weighted by Gasteiger charge is 2.38. The van der Waals surface area contributed by atoms with Gasteiger partial charge in [0.15, 0.2) is 0 Å². The summed E-state index contributed by atoms with van der Waals surface area (Å²) in [4.78, 5) is 37.3. The Morgan fingerprint density at radius 3 is 2.00 bits per heavy atom. The zero-order chi connectivity index (χ0) is 22.4. The second-order valence-corrected chi connectivity index (χ2v) is 8.50. The van der Waals surface area contributed by atoms with E-state index in [1.54, 1.807) is 20.8 Å². The van der Waals surface area contributed by atoms with Crippen molar-refractivity contribution in [1.29, 1.82) is 0 Å². The Hall–Kier alpha value is -2.65. The molecule has 3 atom stereocenters. The van der Waals surface area contributed by atoms with Crippen LogP contribution in [0.15, 0.2) is 24.3 Å². The molecule has 0 aliphatic carbocycles. The van der Waals surface area contributed by atoms with E-state index < -0.39 is 41.2 Å². The molecule has 3 amide bonds. The van der Waals surface area contributed by atoms with Crippen LogP contribution in [0.1, 0.15) is 41.0 Å². The second-order valence-electron chi connectivity index (χ2n) is 8.50. The molecule has 9 nitrogen and oxygen atoms in total. The highest BCUT2D eigenvalue weighted by molar-refractivity contribution is 5.98. The van der Waals surface area contributed by atoms with Crippen molar-refractivity contribution in [3.05, 3.63) is 24.3 Å². The Balaban J connectivity index is 3.04. The SMILES string of the molecule is CC(C)C[C@@H](C(=O)N[C@H](C(=O)Nc1ccc(O)cc1)C(C)(C)C)[C@H](O)C(=O)NO. The van der Waals surface area contributed by atoms with Crippen LogP contribution in [-0.4, -0.2) is 45.3 Å². The minimum absolute atomic E-state index is 0.0224. The lowest BCUT2D eigenvalue weighted by molar-refractivity contribution is -0.147. The van der Waals surface area contributed by atoms with Gasteiger partial charge in [-0.1, -0.05) is 34.6 Å². The first-order chi connectivity index (χ1) is 13.4. The fraction of sp³-hybridized carbons (Fsp3) is 0.550. The number of carbonyl (C=O) groups is 3. The zero-order valence-corrected chi connectivity index (χ0v) is 17.4. The van der Waals surface area contributed by atoms with Crippen molar-refractivity contribution < 1.29 is 29.8 Å². The second kappa shape index (κ2) is 10.2. The number of aromatic hydroxyl groups is 1. The summed E-state index contributed by atoms with van der Waals surface area (Å²) in [6.07, 6.45) is -1.58. The van der Waals surface area contributed by atoms with Crippen LogP contribution in [0.2, 0.25) is 0 Å². The van der Waals surface area contributed by atoms with E-state index in [1.807, 2.05) is 13.8 Å². The number of benzene rings is 1. The largest absolute Gasteiger partial charge is 0.508 e. The standard InChI is InChI=1S/C20H31N3O6/c1-11(2)10-14(15(25)18(27)23-29)17(26)22-16(20(3,4)5)19(28)21-12-6-8-13(24)9-7-12/h6-9,11,14-16,24-25,29H,10H2,1-5H3,(H,21,28)(H,22,26)(H,23,27)/t14-,15+,16-/m1/s1. The molecule has 1 rings (SSSR count). The number of phenols is 1. The monoisotopic (exact) mass is 409 g/mol. The molecule has 0 bridgehead atoms. The predicted octanol–water partition coefficient (Wildman–Crippen LogP) is 1.39. The molecule has 162 valence electrons. The van der Waals surface area contributed by atoms with Crippen molar-refractivity contribution in [2.75, 3.05) is 5.32 Å². The minimum Gasteiger partial charge on any atom is -0.508 e. The summed E-state index contributed by atoms with van der Waals surface area (Å²) in [5, 5.41) is 33.6. The summed E-state index contributed by atoms with van der Waals surface area (Å²) in [5.74, 6) is -3.36. The maximum atomic E-state index is 12.9. The number of carbonyl (C=O) groups excluding carboxylic acids is 3. The number of nitrogens with one attached hydrogen (secondary N) is 3. The van der Waals surface area contributed by atoms with Gasteiger partial charge in [-0.2, -0.15) is 0 Å².